The lowest BCUT2D eigenvalue weighted by molar-refractivity contribution is 0.393. The number of aromatic amines is 1. The highest BCUT2D eigenvalue weighted by Gasteiger charge is 2.19. The van der Waals surface area contributed by atoms with Crippen LogP contribution in [0.3, 0.4) is 0 Å². The lowest BCUT2D eigenvalue weighted by Crippen LogP contribution is -2.23. The van der Waals surface area contributed by atoms with Crippen LogP contribution in [0.4, 0.5) is 0 Å². The van der Waals surface area contributed by atoms with E-state index in [-0.39, 0.29) is 23.5 Å². The van der Waals surface area contributed by atoms with Crippen molar-refractivity contribution in [2.24, 2.45) is 0 Å². The Hall–Kier alpha value is -1.78. The molecule has 0 amide bonds. The lowest BCUT2D eigenvalue weighted by atomic mass is 10.3. The van der Waals surface area contributed by atoms with E-state index in [4.69, 9.17) is 4.42 Å². The van der Waals surface area contributed by atoms with Gasteiger partial charge in [-0.2, -0.15) is 5.21 Å². The number of H-pyrrole nitrogens is 1. The van der Waals surface area contributed by atoms with Gasteiger partial charge in [-0.15, -0.1) is 10.2 Å². The Morgan fingerprint density at radius 3 is 2.80 bits per heavy atom. The minimum absolute atomic E-state index is 0.0564. The van der Waals surface area contributed by atoms with Crippen molar-refractivity contribution in [3.63, 3.8) is 0 Å². The largest absolute Gasteiger partial charge is 0.447 e. The van der Waals surface area contributed by atoms with Gasteiger partial charge in [0.25, 0.3) is 10.0 Å². The van der Waals surface area contributed by atoms with Gasteiger partial charge < -0.3 is 9.73 Å². The highest BCUT2D eigenvalue weighted by molar-refractivity contribution is 7.89. The molecule has 2 heterocycles. The maximum absolute atomic E-state index is 12.0. The summed E-state index contributed by atoms with van der Waals surface area (Å²) in [5, 5.41) is 15.9. The number of sulfonamides is 1. The molecule has 2 aromatic heterocycles. The number of furan rings is 1. The van der Waals surface area contributed by atoms with Crippen LogP contribution in [0.5, 0.6) is 0 Å². The second-order valence-corrected chi connectivity index (χ2v) is 6.11. The van der Waals surface area contributed by atoms with E-state index in [0.717, 1.165) is 0 Å². The van der Waals surface area contributed by atoms with E-state index >= 15 is 0 Å². The van der Waals surface area contributed by atoms with E-state index in [1.165, 1.54) is 6.07 Å². The fraction of sp³-hybridized carbons (Fsp3) is 0.500. The van der Waals surface area contributed by atoms with Crippen molar-refractivity contribution in [3.05, 3.63) is 23.7 Å². The van der Waals surface area contributed by atoms with Gasteiger partial charge in [0.1, 0.15) is 5.76 Å². The Bertz CT molecular complexity index is 634. The smallest absolute Gasteiger partial charge is 0.274 e. The van der Waals surface area contributed by atoms with E-state index in [1.807, 2.05) is 13.8 Å². The maximum atomic E-state index is 12.0. The Morgan fingerprint density at radius 2 is 2.15 bits per heavy atom. The zero-order chi connectivity index (χ0) is 14.6. The quantitative estimate of drug-likeness (QED) is 0.644. The van der Waals surface area contributed by atoms with Crippen molar-refractivity contribution < 1.29 is 12.8 Å². The molecule has 9 nitrogen and oxygen atoms in total. The van der Waals surface area contributed by atoms with E-state index in [1.54, 1.807) is 6.07 Å². The van der Waals surface area contributed by atoms with Crippen molar-refractivity contribution in [1.82, 2.24) is 30.7 Å². The van der Waals surface area contributed by atoms with Crippen LogP contribution in [0.15, 0.2) is 21.6 Å². The molecule has 0 bridgehead atoms. The molecule has 0 aliphatic heterocycles. The molecule has 0 atom stereocenters. The topological polar surface area (TPSA) is 126 Å². The van der Waals surface area contributed by atoms with Gasteiger partial charge in [-0.25, -0.2) is 13.1 Å². The third-order valence-corrected chi connectivity index (χ3v) is 3.67. The second-order valence-electron chi connectivity index (χ2n) is 4.41. The van der Waals surface area contributed by atoms with Crippen LogP contribution in [0.2, 0.25) is 0 Å². The normalized spacial score (nSPS) is 12.2. The Kier molecular flexibility index (Phi) is 4.47. The molecule has 2 aromatic rings. The molecule has 0 spiro atoms. The van der Waals surface area contributed by atoms with Gasteiger partial charge in [-0.3, -0.25) is 0 Å². The van der Waals surface area contributed by atoms with Gasteiger partial charge in [0.15, 0.2) is 5.82 Å². The zero-order valence-corrected chi connectivity index (χ0v) is 11.9. The molecule has 110 valence electrons. The summed E-state index contributed by atoms with van der Waals surface area (Å²) in [7, 11) is -3.72. The average molecular weight is 300 g/mol. The van der Waals surface area contributed by atoms with Crippen LogP contribution in [-0.2, 0) is 23.1 Å². The Labute approximate surface area is 116 Å². The van der Waals surface area contributed by atoms with Crippen LogP contribution >= 0.6 is 0 Å². The summed E-state index contributed by atoms with van der Waals surface area (Å²) in [6.07, 6.45) is 0. The first-order chi connectivity index (χ1) is 9.47. The highest BCUT2D eigenvalue weighted by atomic mass is 32.2. The molecule has 0 fully saturated rings. The number of hydrogen-bond donors (Lipinski definition) is 3. The first-order valence-electron chi connectivity index (χ1n) is 6.01. The molecule has 3 N–H and O–H groups in total. The fourth-order valence-corrected chi connectivity index (χ4v) is 2.32. The number of nitrogens with one attached hydrogen (secondary N) is 3. The molecular formula is C10H16N6O3S. The van der Waals surface area contributed by atoms with Gasteiger partial charge in [0, 0.05) is 6.04 Å². The number of aromatic nitrogens is 4. The summed E-state index contributed by atoms with van der Waals surface area (Å²) < 4.78 is 31.6. The number of tetrazole rings is 1. The molecule has 0 saturated heterocycles. The second kappa shape index (κ2) is 6.11. The third-order valence-electron chi connectivity index (χ3n) is 2.40. The molecular weight excluding hydrogens is 284 g/mol. The van der Waals surface area contributed by atoms with Crippen LogP contribution < -0.4 is 10.0 Å². The zero-order valence-electron chi connectivity index (χ0n) is 11.1. The minimum Gasteiger partial charge on any atom is -0.447 e. The van der Waals surface area contributed by atoms with Crippen molar-refractivity contribution in [3.8, 4) is 0 Å². The average Bonchev–Trinajstić information content (AvgIpc) is 3.05. The van der Waals surface area contributed by atoms with Crippen molar-refractivity contribution in [1.29, 1.82) is 0 Å². The lowest BCUT2D eigenvalue weighted by Gasteiger charge is -2.05. The van der Waals surface area contributed by atoms with E-state index in [2.05, 4.69) is 30.7 Å². The first kappa shape index (κ1) is 14.6. The van der Waals surface area contributed by atoms with Crippen molar-refractivity contribution in [2.45, 2.75) is 38.1 Å². The monoisotopic (exact) mass is 300 g/mol. The van der Waals surface area contributed by atoms with Crippen molar-refractivity contribution >= 4 is 10.0 Å². The summed E-state index contributed by atoms with van der Waals surface area (Å²) in [6.45, 7) is 4.40. The summed E-state index contributed by atoms with van der Waals surface area (Å²) in [5.41, 5.74) is 0. The number of nitrogens with zero attached hydrogens (tertiary/aromatic N) is 3. The summed E-state index contributed by atoms with van der Waals surface area (Å²) in [5.74, 6) is 0.806. The van der Waals surface area contributed by atoms with Crippen LogP contribution in [-0.4, -0.2) is 35.1 Å². The van der Waals surface area contributed by atoms with Gasteiger partial charge in [-0.05, 0) is 12.1 Å². The molecule has 0 aromatic carbocycles. The van der Waals surface area contributed by atoms with E-state index in [9.17, 15) is 8.42 Å². The van der Waals surface area contributed by atoms with E-state index < -0.39 is 10.0 Å². The standard InChI is InChI=1S/C10H16N6O3S/c1-7(2)11-5-8-3-4-10(19-8)20(17,18)12-6-9-13-15-16-14-9/h3-4,7,11-12H,5-6H2,1-2H3,(H,13,14,15,16). The molecule has 2 rings (SSSR count). The summed E-state index contributed by atoms with van der Waals surface area (Å²) >= 11 is 0. The summed E-state index contributed by atoms with van der Waals surface area (Å²) in [6, 6.07) is 3.32. The molecule has 0 saturated carbocycles. The van der Waals surface area contributed by atoms with Crippen LogP contribution in [0, 0.1) is 0 Å². The van der Waals surface area contributed by atoms with E-state index in [0.29, 0.717) is 12.3 Å². The molecule has 0 radical (unpaired) electrons. The molecule has 0 aliphatic carbocycles. The van der Waals surface area contributed by atoms with Gasteiger partial charge in [-0.1, -0.05) is 19.1 Å². The van der Waals surface area contributed by atoms with Crippen molar-refractivity contribution in [2.75, 3.05) is 0 Å². The predicted molar refractivity (Wildman–Crippen MR) is 68.9 cm³/mol. The molecule has 0 aliphatic rings. The Morgan fingerprint density at radius 1 is 1.35 bits per heavy atom. The Balaban J connectivity index is 1.98. The SMILES string of the molecule is CC(C)NCc1ccc(S(=O)(=O)NCc2nn[nH]n2)o1. The number of rotatable bonds is 7. The summed E-state index contributed by atoms with van der Waals surface area (Å²) in [4.78, 5) is 0. The van der Waals surface area contributed by atoms with Gasteiger partial charge in [0.05, 0.1) is 13.1 Å². The third kappa shape index (κ3) is 3.85. The molecule has 10 heteroatoms. The number of hydrogen-bond acceptors (Lipinski definition) is 7. The fourth-order valence-electron chi connectivity index (χ4n) is 1.39. The highest BCUT2D eigenvalue weighted by Crippen LogP contribution is 2.14. The molecule has 0 unspecified atom stereocenters. The minimum atomic E-state index is -3.72. The predicted octanol–water partition coefficient (Wildman–Crippen LogP) is -0.231. The molecule has 20 heavy (non-hydrogen) atoms. The first-order valence-corrected chi connectivity index (χ1v) is 7.50. The van der Waals surface area contributed by atoms with Gasteiger partial charge >= 0.3 is 0 Å². The van der Waals surface area contributed by atoms with Crippen LogP contribution in [0.25, 0.3) is 0 Å². The van der Waals surface area contributed by atoms with Crippen LogP contribution in [0.1, 0.15) is 25.4 Å². The maximum Gasteiger partial charge on any atom is 0.274 e. The van der Waals surface area contributed by atoms with Gasteiger partial charge in [0.2, 0.25) is 5.09 Å².